The fourth-order valence-electron chi connectivity index (χ4n) is 3.88. The van der Waals surface area contributed by atoms with Crippen LogP contribution in [0.4, 0.5) is 10.5 Å². The van der Waals surface area contributed by atoms with E-state index in [9.17, 15) is 14.6 Å². The van der Waals surface area contributed by atoms with Gasteiger partial charge in [0.25, 0.3) is 5.89 Å². The van der Waals surface area contributed by atoms with Crippen molar-refractivity contribution < 1.29 is 28.3 Å². The van der Waals surface area contributed by atoms with E-state index in [1.807, 2.05) is 30.3 Å². The second-order valence-electron chi connectivity index (χ2n) is 7.43. The van der Waals surface area contributed by atoms with Gasteiger partial charge in [-0.2, -0.15) is 0 Å². The van der Waals surface area contributed by atoms with E-state index < -0.39 is 19.8 Å². The number of nitrogens with zero attached hydrogens (tertiary/aromatic N) is 4. The number of amides is 1. The standard InChI is InChI=1S/C20H19N4O6P/c1-11-22-23-19(29-11)15-5-3-13(9-21-15)12-4-6-16-14(7-12)8-17-18(10-28-31(2,26)27)30-20(25)24(16)17/h3-7,9,17-18,26-27H,2,8,10H2,1H3/t17-,18-/m0/s1. The average molecular weight is 442 g/mol. The normalized spacial score (nSPS) is 20.0. The number of hydrogen-bond donors (Lipinski definition) is 2. The van der Waals surface area contributed by atoms with Gasteiger partial charge in [0.15, 0.2) is 0 Å². The zero-order chi connectivity index (χ0) is 21.8. The van der Waals surface area contributed by atoms with Crippen molar-refractivity contribution in [2.24, 2.45) is 0 Å². The third kappa shape index (κ3) is 3.75. The molecule has 4 heterocycles. The summed E-state index contributed by atoms with van der Waals surface area (Å²) in [6.07, 6.45) is 4.39. The first kappa shape index (κ1) is 19.9. The van der Waals surface area contributed by atoms with Crippen LogP contribution in [0, 0.1) is 6.92 Å². The molecule has 1 saturated heterocycles. The van der Waals surface area contributed by atoms with Crippen LogP contribution in [0.15, 0.2) is 40.9 Å². The largest absolute Gasteiger partial charge is 0.441 e. The molecule has 0 radical (unpaired) electrons. The van der Waals surface area contributed by atoms with Crippen molar-refractivity contribution in [2.75, 3.05) is 11.5 Å². The Balaban J connectivity index is 1.37. The summed E-state index contributed by atoms with van der Waals surface area (Å²) < 4.78 is 15.7. The molecule has 1 aromatic carbocycles. The molecular formula is C20H19N4O6P. The van der Waals surface area contributed by atoms with E-state index in [1.165, 1.54) is 0 Å². The number of pyridine rings is 1. The van der Waals surface area contributed by atoms with Crippen LogP contribution >= 0.6 is 7.57 Å². The van der Waals surface area contributed by atoms with E-state index >= 15 is 0 Å². The van der Waals surface area contributed by atoms with Crippen LogP contribution in [-0.2, 0) is 15.7 Å². The highest BCUT2D eigenvalue weighted by Gasteiger charge is 2.47. The minimum atomic E-state index is -3.65. The molecule has 1 amide bonds. The summed E-state index contributed by atoms with van der Waals surface area (Å²) >= 11 is 0. The van der Waals surface area contributed by atoms with Crippen LogP contribution < -0.4 is 4.90 Å². The molecular weight excluding hydrogens is 423 g/mol. The maximum absolute atomic E-state index is 12.4. The van der Waals surface area contributed by atoms with Crippen molar-refractivity contribution in [2.45, 2.75) is 25.5 Å². The fourth-order valence-corrected chi connectivity index (χ4v) is 4.27. The molecule has 160 valence electrons. The number of aryl methyl sites for hydroxylation is 1. The molecule has 1 fully saturated rings. The topological polar surface area (TPSA) is 131 Å². The molecule has 2 aliphatic rings. The monoisotopic (exact) mass is 442 g/mol. The van der Waals surface area contributed by atoms with Crippen molar-refractivity contribution in [1.82, 2.24) is 15.2 Å². The summed E-state index contributed by atoms with van der Waals surface area (Å²) in [5.41, 5.74) is 4.22. The first-order chi connectivity index (χ1) is 14.8. The van der Waals surface area contributed by atoms with Crippen molar-refractivity contribution in [1.29, 1.82) is 0 Å². The molecule has 10 nitrogen and oxygen atoms in total. The van der Waals surface area contributed by atoms with Crippen molar-refractivity contribution in [3.63, 3.8) is 0 Å². The summed E-state index contributed by atoms with van der Waals surface area (Å²) in [5.74, 6) is 0.841. The highest BCUT2D eigenvalue weighted by Crippen LogP contribution is 2.42. The SMILES string of the molecule is C=P(O)(O)OC[C@@H]1OC(=O)N2c3ccc(-c4ccc(-c5nnc(C)o5)nc4)cc3C[C@@H]12. The number of fused-ring (bicyclic) bond motifs is 3. The zero-order valence-electron chi connectivity index (χ0n) is 16.5. The van der Waals surface area contributed by atoms with Crippen LogP contribution in [0.2, 0.25) is 0 Å². The first-order valence-corrected chi connectivity index (χ1v) is 11.3. The van der Waals surface area contributed by atoms with Gasteiger partial charge >= 0.3 is 6.09 Å². The third-order valence-electron chi connectivity index (χ3n) is 5.27. The molecule has 0 spiro atoms. The number of carbonyl (C=O) groups excluding carboxylic acids is 1. The second kappa shape index (κ2) is 7.28. The van der Waals surface area contributed by atoms with Gasteiger partial charge in [-0.3, -0.25) is 9.88 Å². The Bertz CT molecular complexity index is 1200. The summed E-state index contributed by atoms with van der Waals surface area (Å²) in [4.78, 5) is 37.1. The number of carbonyl (C=O) groups is 1. The molecule has 0 bridgehead atoms. The predicted molar refractivity (Wildman–Crippen MR) is 112 cm³/mol. The lowest BCUT2D eigenvalue weighted by atomic mass is 10.0. The van der Waals surface area contributed by atoms with Gasteiger partial charge in [0.2, 0.25) is 13.5 Å². The fraction of sp³-hybridized carbons (Fsp3) is 0.250. The number of benzene rings is 1. The van der Waals surface area contributed by atoms with E-state index in [2.05, 4.69) is 21.5 Å². The number of ether oxygens (including phenoxy) is 1. The lowest BCUT2D eigenvalue weighted by Crippen LogP contribution is -2.35. The smallest absolute Gasteiger partial charge is 0.415 e. The minimum Gasteiger partial charge on any atom is -0.441 e. The summed E-state index contributed by atoms with van der Waals surface area (Å²) in [5, 5.41) is 7.78. The van der Waals surface area contributed by atoms with Crippen molar-refractivity contribution in [3.05, 3.63) is 48.0 Å². The number of hydrogen-bond acceptors (Lipinski definition) is 9. The Kier molecular flexibility index (Phi) is 4.67. The van der Waals surface area contributed by atoms with Gasteiger partial charge in [-0.1, -0.05) is 12.1 Å². The Morgan fingerprint density at radius 2 is 2.06 bits per heavy atom. The van der Waals surface area contributed by atoms with E-state index in [0.717, 1.165) is 22.4 Å². The van der Waals surface area contributed by atoms with Crippen molar-refractivity contribution >= 4 is 25.6 Å². The molecule has 31 heavy (non-hydrogen) atoms. The van der Waals surface area contributed by atoms with Crippen molar-refractivity contribution in [3.8, 4) is 22.7 Å². The second-order valence-corrected chi connectivity index (χ2v) is 9.01. The third-order valence-corrected chi connectivity index (χ3v) is 5.83. The maximum atomic E-state index is 12.4. The molecule has 5 rings (SSSR count). The highest BCUT2D eigenvalue weighted by molar-refractivity contribution is 7.57. The van der Waals surface area contributed by atoms with Crippen LogP contribution in [0.3, 0.4) is 0 Å². The van der Waals surface area contributed by atoms with Gasteiger partial charge < -0.3 is 23.5 Å². The van der Waals surface area contributed by atoms with E-state index in [0.29, 0.717) is 23.9 Å². The van der Waals surface area contributed by atoms with Gasteiger partial charge in [-0.05, 0) is 42.0 Å². The number of aromatic nitrogens is 3. The summed E-state index contributed by atoms with van der Waals surface area (Å²) in [7, 11) is -3.65. The van der Waals surface area contributed by atoms with Crippen LogP contribution in [0.25, 0.3) is 22.7 Å². The van der Waals surface area contributed by atoms with Gasteiger partial charge in [0.1, 0.15) is 11.8 Å². The first-order valence-electron chi connectivity index (χ1n) is 9.51. The predicted octanol–water partition coefficient (Wildman–Crippen LogP) is 2.55. The summed E-state index contributed by atoms with van der Waals surface area (Å²) in [6.45, 7) is 1.59. The number of anilines is 1. The van der Waals surface area contributed by atoms with E-state index in [1.54, 1.807) is 18.0 Å². The Hall–Kier alpha value is -3.04. The minimum absolute atomic E-state index is 0.126. The van der Waals surface area contributed by atoms with E-state index in [-0.39, 0.29) is 12.6 Å². The molecule has 3 aromatic rings. The molecule has 0 aliphatic carbocycles. The molecule has 0 unspecified atom stereocenters. The lowest BCUT2D eigenvalue weighted by Gasteiger charge is -2.18. The van der Waals surface area contributed by atoms with Crippen LogP contribution in [0.1, 0.15) is 11.5 Å². The molecule has 2 atom stereocenters. The molecule has 2 aromatic heterocycles. The van der Waals surface area contributed by atoms with Gasteiger partial charge in [0.05, 0.1) is 18.3 Å². The lowest BCUT2D eigenvalue weighted by molar-refractivity contribution is 0.0852. The zero-order valence-corrected chi connectivity index (χ0v) is 17.4. The number of rotatable bonds is 5. The van der Waals surface area contributed by atoms with Gasteiger partial charge in [-0.15, -0.1) is 10.2 Å². The van der Waals surface area contributed by atoms with Crippen LogP contribution in [-0.4, -0.2) is 56.1 Å². The van der Waals surface area contributed by atoms with E-state index in [4.69, 9.17) is 13.7 Å². The van der Waals surface area contributed by atoms with Gasteiger partial charge in [0, 0.05) is 18.7 Å². The molecule has 2 N–H and O–H groups in total. The quantitative estimate of drug-likeness (QED) is 0.572. The Labute approximate surface area is 177 Å². The average Bonchev–Trinajstić information content (AvgIpc) is 3.41. The van der Waals surface area contributed by atoms with Gasteiger partial charge in [-0.25, -0.2) is 4.79 Å². The Morgan fingerprint density at radius 1 is 1.26 bits per heavy atom. The number of cyclic esters (lactones) is 1. The molecule has 2 aliphatic heterocycles. The molecule has 0 saturated carbocycles. The summed E-state index contributed by atoms with van der Waals surface area (Å²) in [6, 6.07) is 9.27. The maximum Gasteiger partial charge on any atom is 0.415 e. The Morgan fingerprint density at radius 3 is 2.74 bits per heavy atom. The highest BCUT2D eigenvalue weighted by atomic mass is 31.2. The molecule has 11 heteroatoms. The van der Waals surface area contributed by atoms with Crippen LogP contribution in [0.5, 0.6) is 0 Å².